The number of rotatable bonds is 0. The number of hydrogen-bond acceptors (Lipinski definition) is 2. The molecule has 0 spiro atoms. The fourth-order valence-electron chi connectivity index (χ4n) is 7.20. The van der Waals surface area contributed by atoms with Crippen molar-refractivity contribution in [2.75, 3.05) is 0 Å². The molecule has 0 aromatic heterocycles. The Morgan fingerprint density at radius 3 is 2.52 bits per heavy atom. The zero-order valence-corrected chi connectivity index (χ0v) is 15.2. The Balaban J connectivity index is 1.70. The number of fused-ring (bicyclic) bond motifs is 5. The Hall–Kier alpha value is -0.630. The number of aliphatic hydroxyl groups excluding tert-OH is 1. The molecule has 1 N–H and O–H groups in total. The second-order valence-corrected chi connectivity index (χ2v) is 10.1. The van der Waals surface area contributed by atoms with Gasteiger partial charge in [-0.15, -0.1) is 0 Å². The molecule has 0 saturated heterocycles. The average molecular weight is 316 g/mol. The summed E-state index contributed by atoms with van der Waals surface area (Å²) in [5.74, 6) is 2.45. The lowest BCUT2D eigenvalue weighted by atomic mass is 9.47. The van der Waals surface area contributed by atoms with Crippen molar-refractivity contribution in [2.24, 2.45) is 34.0 Å². The fourth-order valence-corrected chi connectivity index (χ4v) is 7.20. The second-order valence-electron chi connectivity index (χ2n) is 10.1. The molecule has 3 saturated carbocycles. The van der Waals surface area contributed by atoms with Crippen molar-refractivity contribution in [1.82, 2.24) is 0 Å². The van der Waals surface area contributed by atoms with Gasteiger partial charge in [-0.25, -0.2) is 0 Å². The van der Waals surface area contributed by atoms with Crippen molar-refractivity contribution in [3.05, 3.63) is 11.6 Å². The first-order valence-corrected chi connectivity index (χ1v) is 9.60. The molecular formula is C21H32O2. The molecule has 0 heterocycles. The summed E-state index contributed by atoms with van der Waals surface area (Å²) in [5, 5.41) is 11.0. The van der Waals surface area contributed by atoms with E-state index in [-0.39, 0.29) is 22.3 Å². The van der Waals surface area contributed by atoms with Crippen LogP contribution in [0.1, 0.15) is 72.6 Å². The molecule has 3 fully saturated rings. The van der Waals surface area contributed by atoms with Gasteiger partial charge in [0.15, 0.2) is 5.78 Å². The van der Waals surface area contributed by atoms with Crippen LogP contribution in [0.3, 0.4) is 0 Å². The van der Waals surface area contributed by atoms with Gasteiger partial charge in [-0.3, -0.25) is 4.79 Å². The van der Waals surface area contributed by atoms with Gasteiger partial charge in [-0.1, -0.05) is 33.3 Å². The summed E-state index contributed by atoms with van der Waals surface area (Å²) in [6.07, 6.45) is 9.48. The number of hydrogen-bond donors (Lipinski definition) is 1. The van der Waals surface area contributed by atoms with E-state index in [1.807, 2.05) is 6.08 Å². The summed E-state index contributed by atoms with van der Waals surface area (Å²) in [6, 6.07) is 0. The van der Waals surface area contributed by atoms with E-state index in [9.17, 15) is 9.90 Å². The number of allylic oxidation sites excluding steroid dienone is 1. The van der Waals surface area contributed by atoms with E-state index in [1.165, 1.54) is 24.8 Å². The largest absolute Gasteiger partial charge is 0.392 e. The lowest BCUT2D eigenvalue weighted by molar-refractivity contribution is -0.118. The van der Waals surface area contributed by atoms with Gasteiger partial charge in [0.05, 0.1) is 6.10 Å². The second kappa shape index (κ2) is 4.71. The summed E-state index contributed by atoms with van der Waals surface area (Å²) in [5.41, 5.74) is 1.84. The van der Waals surface area contributed by atoms with Gasteiger partial charge in [-0.2, -0.15) is 0 Å². The number of ketones is 1. The van der Waals surface area contributed by atoms with Gasteiger partial charge in [0.2, 0.25) is 0 Å². The first-order valence-electron chi connectivity index (χ1n) is 9.60. The standard InChI is InChI=1S/C21H32O2/c1-19(2)12-17-15-6-5-13-11-14(22)7-9-20(13,3)16(15)8-10-21(17,4)18(19)23/h11,15-18,23H,5-10,12H2,1-4H3/t15-,16+,17+,18+,20+,21+/m1/s1. The van der Waals surface area contributed by atoms with E-state index in [0.29, 0.717) is 11.7 Å². The zero-order valence-electron chi connectivity index (χ0n) is 15.2. The Kier molecular flexibility index (Phi) is 3.25. The molecule has 4 aliphatic carbocycles. The highest BCUT2D eigenvalue weighted by molar-refractivity contribution is 5.91. The van der Waals surface area contributed by atoms with Gasteiger partial charge in [-0.05, 0) is 78.6 Å². The highest BCUT2D eigenvalue weighted by atomic mass is 16.3. The number of carbonyl (C=O) groups is 1. The van der Waals surface area contributed by atoms with Crippen LogP contribution in [0.4, 0.5) is 0 Å². The Morgan fingerprint density at radius 1 is 1.04 bits per heavy atom. The van der Waals surface area contributed by atoms with Crippen LogP contribution >= 0.6 is 0 Å². The number of carbonyl (C=O) groups excluding carboxylic acids is 1. The predicted molar refractivity (Wildman–Crippen MR) is 91.9 cm³/mol. The first-order chi connectivity index (χ1) is 10.7. The van der Waals surface area contributed by atoms with Crippen LogP contribution in [-0.2, 0) is 4.79 Å². The molecule has 0 radical (unpaired) electrons. The van der Waals surface area contributed by atoms with E-state index in [2.05, 4.69) is 27.7 Å². The molecule has 128 valence electrons. The molecule has 6 atom stereocenters. The Bertz CT molecular complexity index is 574. The monoisotopic (exact) mass is 316 g/mol. The summed E-state index contributed by atoms with van der Waals surface area (Å²) in [4.78, 5) is 11.9. The van der Waals surface area contributed by atoms with E-state index in [1.54, 1.807) is 0 Å². The van der Waals surface area contributed by atoms with E-state index in [0.717, 1.165) is 37.5 Å². The summed E-state index contributed by atoms with van der Waals surface area (Å²) >= 11 is 0. The molecule has 0 aliphatic heterocycles. The van der Waals surface area contributed by atoms with Crippen LogP contribution < -0.4 is 0 Å². The first kappa shape index (κ1) is 15.9. The molecule has 0 unspecified atom stereocenters. The SMILES string of the molecule is CC1(C)C[C@H]2[C@@H]3CCC4=CC(=O)CC[C@]4(C)[C@H]3CC[C@]2(C)[C@H]1O. The summed E-state index contributed by atoms with van der Waals surface area (Å²) in [7, 11) is 0. The highest BCUT2D eigenvalue weighted by Gasteiger charge is 2.63. The molecule has 4 rings (SSSR count). The van der Waals surface area contributed by atoms with Crippen LogP contribution in [0.2, 0.25) is 0 Å². The Labute approximate surface area is 140 Å². The highest BCUT2D eigenvalue weighted by Crippen LogP contribution is 2.68. The molecule has 0 aromatic rings. The fraction of sp³-hybridized carbons (Fsp3) is 0.857. The van der Waals surface area contributed by atoms with Crippen molar-refractivity contribution in [3.8, 4) is 0 Å². The minimum absolute atomic E-state index is 0.0495. The molecule has 2 heteroatoms. The van der Waals surface area contributed by atoms with Crippen molar-refractivity contribution < 1.29 is 9.90 Å². The van der Waals surface area contributed by atoms with Gasteiger partial charge >= 0.3 is 0 Å². The maximum absolute atomic E-state index is 11.9. The van der Waals surface area contributed by atoms with Gasteiger partial charge in [0, 0.05) is 6.42 Å². The van der Waals surface area contributed by atoms with Crippen LogP contribution in [0.15, 0.2) is 11.6 Å². The molecule has 4 aliphatic rings. The predicted octanol–water partition coefficient (Wildman–Crippen LogP) is 4.52. The quantitative estimate of drug-likeness (QED) is 0.713. The maximum Gasteiger partial charge on any atom is 0.155 e. The third-order valence-corrected chi connectivity index (χ3v) is 8.51. The molecule has 0 amide bonds. The van der Waals surface area contributed by atoms with Gasteiger partial charge in [0.1, 0.15) is 0 Å². The topological polar surface area (TPSA) is 37.3 Å². The van der Waals surface area contributed by atoms with E-state index >= 15 is 0 Å². The molecule has 0 bridgehead atoms. The van der Waals surface area contributed by atoms with Crippen molar-refractivity contribution in [1.29, 1.82) is 0 Å². The zero-order chi connectivity index (χ0) is 16.6. The molecule has 23 heavy (non-hydrogen) atoms. The minimum Gasteiger partial charge on any atom is -0.392 e. The third kappa shape index (κ3) is 2.00. The number of aliphatic hydroxyl groups is 1. The van der Waals surface area contributed by atoms with Crippen LogP contribution in [0.25, 0.3) is 0 Å². The molecule has 0 aromatic carbocycles. The lowest BCUT2D eigenvalue weighted by Crippen LogP contribution is -2.51. The van der Waals surface area contributed by atoms with Crippen molar-refractivity contribution >= 4 is 5.78 Å². The third-order valence-electron chi connectivity index (χ3n) is 8.51. The van der Waals surface area contributed by atoms with E-state index < -0.39 is 0 Å². The van der Waals surface area contributed by atoms with Crippen LogP contribution in [0.5, 0.6) is 0 Å². The normalized spacial score (nSPS) is 51.5. The minimum atomic E-state index is -0.168. The van der Waals surface area contributed by atoms with Crippen molar-refractivity contribution in [3.63, 3.8) is 0 Å². The van der Waals surface area contributed by atoms with Crippen LogP contribution in [-0.4, -0.2) is 17.0 Å². The maximum atomic E-state index is 11.9. The lowest BCUT2D eigenvalue weighted by Gasteiger charge is -2.57. The van der Waals surface area contributed by atoms with Gasteiger partial charge < -0.3 is 5.11 Å². The smallest absolute Gasteiger partial charge is 0.155 e. The van der Waals surface area contributed by atoms with Crippen molar-refractivity contribution in [2.45, 2.75) is 78.7 Å². The summed E-state index contributed by atoms with van der Waals surface area (Å²) < 4.78 is 0. The van der Waals surface area contributed by atoms with Crippen LogP contribution in [0, 0.1) is 34.0 Å². The molecular weight excluding hydrogens is 284 g/mol. The van der Waals surface area contributed by atoms with E-state index in [4.69, 9.17) is 0 Å². The average Bonchev–Trinajstić information content (AvgIpc) is 2.68. The summed E-state index contributed by atoms with van der Waals surface area (Å²) in [6.45, 7) is 9.30. The van der Waals surface area contributed by atoms with Gasteiger partial charge in [0.25, 0.3) is 0 Å². The Morgan fingerprint density at radius 2 is 1.78 bits per heavy atom. The molecule has 2 nitrogen and oxygen atoms in total.